The van der Waals surface area contributed by atoms with Gasteiger partial charge in [0.1, 0.15) is 25.3 Å². The van der Waals surface area contributed by atoms with Crippen molar-refractivity contribution in [2.45, 2.75) is 7.43 Å². The molecular weight excluding hydrogens is 708 g/mol. The number of piperazine rings is 3. The molecule has 262 valence electrons. The van der Waals surface area contributed by atoms with E-state index in [4.69, 9.17) is 23.1 Å². The van der Waals surface area contributed by atoms with Crippen LogP contribution in [-0.4, -0.2) is 78.9 Å². The van der Waals surface area contributed by atoms with Gasteiger partial charge in [0.05, 0.1) is 5.69 Å². The number of aromatic nitrogens is 2. The van der Waals surface area contributed by atoms with Crippen LogP contribution < -0.4 is 11.5 Å². The summed E-state index contributed by atoms with van der Waals surface area (Å²) in [7, 11) is -12.0. The van der Waals surface area contributed by atoms with Crippen LogP contribution in [0, 0.1) is 5.13 Å². The van der Waals surface area contributed by atoms with Gasteiger partial charge in [0.15, 0.2) is 35.9 Å². The molecule has 47 heavy (non-hydrogen) atoms. The van der Waals surface area contributed by atoms with Gasteiger partial charge in [-0.2, -0.15) is 4.39 Å². The predicted molar refractivity (Wildman–Crippen MR) is 173 cm³/mol. The molecule has 5 heterocycles. The van der Waals surface area contributed by atoms with Crippen molar-refractivity contribution < 1.29 is 52.6 Å². The van der Waals surface area contributed by atoms with Crippen molar-refractivity contribution >= 4 is 59.0 Å². The van der Waals surface area contributed by atoms with E-state index >= 15 is 0 Å². The van der Waals surface area contributed by atoms with Gasteiger partial charge >= 0.3 is 14.5 Å². The molecule has 0 unspecified atom stereocenters. The molecule has 0 atom stereocenters. The van der Waals surface area contributed by atoms with Crippen LogP contribution in [0.1, 0.15) is 7.43 Å². The van der Waals surface area contributed by atoms with Gasteiger partial charge in [-0.1, -0.05) is 91.0 Å². The first kappa shape index (κ1) is 42.0. The molecule has 2 bridgehead atoms. The van der Waals surface area contributed by atoms with Gasteiger partial charge in [-0.05, 0) is 4.48 Å². The summed E-state index contributed by atoms with van der Waals surface area (Å²) in [4.78, 5) is 8.08. The molecule has 4 N–H and O–H groups in total. The molecule has 3 fully saturated rings. The lowest BCUT2D eigenvalue weighted by Gasteiger charge is -2.48. The van der Waals surface area contributed by atoms with E-state index in [0.717, 1.165) is 52.3 Å². The topological polar surface area (TPSA) is 77.8 Å². The van der Waals surface area contributed by atoms with Crippen molar-refractivity contribution in [1.82, 2.24) is 9.97 Å². The summed E-state index contributed by atoms with van der Waals surface area (Å²) in [5.74, 6) is 0. The Kier molecular flexibility index (Phi) is 16.5. The molecule has 3 aliphatic heterocycles. The lowest BCUT2D eigenvalue weighted by Crippen LogP contribution is -2.71. The number of hydrogen-bond acceptors (Lipinski definition) is 6. The summed E-state index contributed by atoms with van der Waals surface area (Å²) < 4.78 is 105. The zero-order valence-corrected chi connectivity index (χ0v) is 26.3. The van der Waals surface area contributed by atoms with E-state index in [2.05, 4.69) is 9.97 Å². The summed E-state index contributed by atoms with van der Waals surface area (Å²) in [6.07, 6.45) is 0. The maximum atomic E-state index is 13.5. The van der Waals surface area contributed by atoms with Crippen molar-refractivity contribution in [1.29, 1.82) is 0 Å². The first-order valence-electron chi connectivity index (χ1n) is 13.3. The van der Waals surface area contributed by atoms with E-state index in [-0.39, 0.29) is 22.4 Å². The minimum Gasteiger partial charge on any atom is -0.418 e. The molecule has 0 aliphatic carbocycles. The van der Waals surface area contributed by atoms with Crippen LogP contribution in [-0.2, 0) is 0 Å². The molecule has 0 saturated carbocycles. The second-order valence-corrected chi connectivity index (χ2v) is 11.9. The molecule has 6 nitrogen and oxygen atoms in total. The third kappa shape index (κ3) is 16.6. The molecule has 2 aromatic heterocycles. The molecule has 7 rings (SSSR count). The van der Waals surface area contributed by atoms with Crippen LogP contribution >= 0.6 is 34.3 Å². The largest absolute Gasteiger partial charge is 0.673 e. The Balaban J connectivity index is 0.000000307. The van der Waals surface area contributed by atoms with Crippen LogP contribution in [0.4, 0.5) is 53.7 Å². The zero-order valence-electron chi connectivity index (χ0n) is 23.9. The third-order valence-electron chi connectivity index (χ3n) is 6.42. The molecule has 0 amide bonds. The first-order chi connectivity index (χ1) is 21.3. The van der Waals surface area contributed by atoms with Crippen molar-refractivity contribution in [3.63, 3.8) is 0 Å². The number of hydrogen-bond donors (Lipinski definition) is 2. The number of nitrogen functional groups attached to an aromatic ring is 2. The second-order valence-electron chi connectivity index (χ2n) is 9.80. The Labute approximate surface area is 278 Å². The number of alkyl halides is 1. The highest BCUT2D eigenvalue weighted by atomic mass is 35.5. The van der Waals surface area contributed by atoms with Gasteiger partial charge in [-0.25, -0.2) is 9.97 Å². The number of benzene rings is 2. The van der Waals surface area contributed by atoms with Crippen LogP contribution in [0.25, 0.3) is 22.5 Å². The van der Waals surface area contributed by atoms with Crippen LogP contribution in [0.2, 0.25) is 0 Å². The van der Waals surface area contributed by atoms with Gasteiger partial charge in [-0.15, -0.1) is 16.0 Å². The second kappa shape index (κ2) is 18.5. The molecule has 21 heteroatoms. The van der Waals surface area contributed by atoms with Crippen molar-refractivity contribution in [2.24, 2.45) is 0 Å². The van der Waals surface area contributed by atoms with Crippen molar-refractivity contribution in [3.05, 3.63) is 71.2 Å². The maximum absolute atomic E-state index is 13.5. The van der Waals surface area contributed by atoms with Gasteiger partial charge in [0.25, 0.3) is 0 Å². The van der Waals surface area contributed by atoms with E-state index in [1.165, 1.54) is 11.3 Å². The molecule has 2 aromatic carbocycles. The number of nitrogens with zero attached hydrogens (tertiary/aromatic N) is 4. The number of halogens is 11. The Morgan fingerprint density at radius 2 is 1.13 bits per heavy atom. The number of thiazole rings is 2. The van der Waals surface area contributed by atoms with Gasteiger partial charge in [0.2, 0.25) is 5.13 Å². The molecule has 4 aromatic rings. The smallest absolute Gasteiger partial charge is 0.418 e. The van der Waals surface area contributed by atoms with E-state index in [0.29, 0.717) is 36.5 Å². The van der Waals surface area contributed by atoms with E-state index in [9.17, 15) is 43.4 Å². The van der Waals surface area contributed by atoms with Crippen LogP contribution in [0.5, 0.6) is 0 Å². The van der Waals surface area contributed by atoms with E-state index in [1.54, 1.807) is 12.1 Å². The lowest BCUT2D eigenvalue weighted by atomic mass is 10.2. The SMILES string of the molecule is C.F[B-](F)(F)F.F[B-](F)(F)F.F[N+]12CC[N+](CCl)(CC1)CC2.Nc1nc(-c2ccccc2)c(F)s1.Nc1nc(-c2ccccc2)cs1. The van der Waals surface area contributed by atoms with E-state index < -0.39 is 14.5 Å². The van der Waals surface area contributed by atoms with Gasteiger partial charge < -0.3 is 46.0 Å². The van der Waals surface area contributed by atoms with Crippen LogP contribution in [0.15, 0.2) is 66.0 Å². The van der Waals surface area contributed by atoms with Gasteiger partial charge in [0, 0.05) is 16.5 Å². The summed E-state index contributed by atoms with van der Waals surface area (Å²) >= 11 is 8.18. The van der Waals surface area contributed by atoms with Crippen molar-refractivity contribution in [2.75, 3.05) is 56.7 Å². The average molecular weight is 741 g/mol. The molecular formula is C26H33B2ClF10N6S2. The molecule has 0 radical (unpaired) electrons. The van der Waals surface area contributed by atoms with Crippen LogP contribution in [0.3, 0.4) is 0 Å². The first-order valence-corrected chi connectivity index (χ1v) is 15.5. The summed E-state index contributed by atoms with van der Waals surface area (Å²) in [6, 6.07) is 19.8. The minimum absolute atomic E-state index is 0. The normalized spacial score (nSPS) is 19.6. The fraction of sp³-hybridized carbons (Fsp3) is 0.308. The monoisotopic (exact) mass is 740 g/mol. The number of rotatable bonds is 3. The Bertz CT molecular complexity index is 1420. The standard InChI is InChI=1S/C9H7FN2S.C9H8N2S.C7H14ClFN2.CH4.2BF4/c10-8-7(12-9(11)13-8)6-4-2-1-3-5-6;10-9-11-8(6-12-9)7-4-2-1-3-5-7;8-7-10-1-4-11(9,5-2-10)6-3-10;;2*2-1(3,4)5/h1-5H,(H2,11,12);1-6H,(H2,10,11);1-7H2;1H4;;/q;;+2;;2*-1. The number of quaternary nitrogens is 2. The summed E-state index contributed by atoms with van der Waals surface area (Å²) in [6.45, 7) is 4.81. The van der Waals surface area contributed by atoms with E-state index in [1.807, 2.05) is 53.9 Å². The highest BCUT2D eigenvalue weighted by Crippen LogP contribution is 2.28. The van der Waals surface area contributed by atoms with Crippen molar-refractivity contribution in [3.8, 4) is 22.5 Å². The number of fused-ring (bicyclic) bond motifs is 3. The quantitative estimate of drug-likeness (QED) is 0.0550. The summed E-state index contributed by atoms with van der Waals surface area (Å²) in [5.41, 5.74) is 14.1. The Morgan fingerprint density at radius 1 is 0.702 bits per heavy atom. The van der Waals surface area contributed by atoms with Gasteiger partial charge in [-0.3, -0.25) is 4.48 Å². The highest BCUT2D eigenvalue weighted by Gasteiger charge is 2.50. The zero-order chi connectivity index (χ0) is 34.6. The minimum atomic E-state index is -6.00. The molecule has 3 saturated heterocycles. The molecule has 3 aliphatic rings. The predicted octanol–water partition coefficient (Wildman–Crippen LogP) is 8.89. The summed E-state index contributed by atoms with van der Waals surface area (Å²) in [5, 5.41) is 2.51. The average Bonchev–Trinajstić information content (AvgIpc) is 3.57. The fourth-order valence-electron chi connectivity index (χ4n) is 4.14. The third-order valence-corrected chi connectivity index (χ3v) is 8.27. The highest BCUT2D eigenvalue weighted by molar-refractivity contribution is 7.14. The molecule has 0 spiro atoms. The maximum Gasteiger partial charge on any atom is 0.673 e. The fourth-order valence-corrected chi connectivity index (χ4v) is 5.66. The number of nitrogens with two attached hydrogens (primary N) is 2. The number of anilines is 2. The Morgan fingerprint density at radius 3 is 1.47 bits per heavy atom. The Hall–Kier alpha value is -3.06. The lowest BCUT2D eigenvalue weighted by molar-refractivity contribution is -1.15.